The van der Waals surface area contributed by atoms with Gasteiger partial charge in [0, 0.05) is 42.3 Å². The Morgan fingerprint density at radius 3 is 2.71 bits per heavy atom. The number of amides is 1. The molecule has 0 radical (unpaired) electrons. The number of nitrogen functional groups attached to an aromatic ring is 1. The van der Waals surface area contributed by atoms with Crippen LogP contribution in [0.3, 0.4) is 0 Å². The molecule has 0 aliphatic rings. The summed E-state index contributed by atoms with van der Waals surface area (Å²) in [5.41, 5.74) is 8.23. The van der Waals surface area contributed by atoms with E-state index in [2.05, 4.69) is 21.0 Å². The van der Waals surface area contributed by atoms with E-state index < -0.39 is 0 Å². The zero-order chi connectivity index (χ0) is 17.1. The van der Waals surface area contributed by atoms with Gasteiger partial charge in [0.15, 0.2) is 0 Å². The van der Waals surface area contributed by atoms with Crippen molar-refractivity contribution in [2.75, 3.05) is 12.8 Å². The maximum Gasteiger partial charge on any atom is 0.246 e. The average molecular weight is 321 g/mol. The van der Waals surface area contributed by atoms with Gasteiger partial charge in [0.05, 0.1) is 6.04 Å². The predicted octanol–water partition coefficient (Wildman–Crippen LogP) is 2.77. The van der Waals surface area contributed by atoms with Crippen molar-refractivity contribution in [2.24, 2.45) is 0 Å². The van der Waals surface area contributed by atoms with Gasteiger partial charge >= 0.3 is 0 Å². The predicted molar refractivity (Wildman–Crippen MR) is 95.0 cm³/mol. The lowest BCUT2D eigenvalue weighted by molar-refractivity contribution is -0.126. The molecule has 0 saturated heterocycles. The molecule has 0 bridgehead atoms. The molecule has 2 aromatic heterocycles. The minimum absolute atomic E-state index is 0.0720. The number of nitrogens with two attached hydrogens (primary N) is 1. The number of nitrogens with zero attached hydrogens (tertiary/aromatic N) is 3. The van der Waals surface area contributed by atoms with Crippen LogP contribution in [0.4, 0.5) is 5.95 Å². The minimum atomic E-state index is -0.0991. The third-order valence-corrected chi connectivity index (χ3v) is 4.04. The van der Waals surface area contributed by atoms with Crippen LogP contribution in [0.15, 0.2) is 48.8 Å². The molecule has 6 nitrogen and oxygen atoms in total. The van der Waals surface area contributed by atoms with Crippen molar-refractivity contribution in [3.05, 3.63) is 60.1 Å². The largest absolute Gasteiger partial charge is 0.368 e. The molecule has 1 amide bonds. The maximum atomic E-state index is 12.4. The first kappa shape index (κ1) is 15.7. The molecule has 2 heterocycles. The highest BCUT2D eigenvalue weighted by Crippen LogP contribution is 2.23. The first-order valence-corrected chi connectivity index (χ1v) is 7.64. The van der Waals surface area contributed by atoms with E-state index in [1.165, 1.54) is 6.08 Å². The molecule has 0 aliphatic carbocycles. The molecule has 6 heteroatoms. The van der Waals surface area contributed by atoms with E-state index in [4.69, 9.17) is 5.73 Å². The summed E-state index contributed by atoms with van der Waals surface area (Å²) >= 11 is 0. The van der Waals surface area contributed by atoms with Crippen LogP contribution in [0.1, 0.15) is 24.2 Å². The van der Waals surface area contributed by atoms with Crippen molar-refractivity contribution in [3.63, 3.8) is 0 Å². The van der Waals surface area contributed by atoms with E-state index >= 15 is 0 Å². The van der Waals surface area contributed by atoms with E-state index in [1.54, 1.807) is 30.4 Å². The van der Waals surface area contributed by atoms with Gasteiger partial charge < -0.3 is 15.6 Å². The maximum absolute atomic E-state index is 12.4. The fourth-order valence-corrected chi connectivity index (χ4v) is 2.44. The number of benzene rings is 1. The number of anilines is 1. The van der Waals surface area contributed by atoms with Gasteiger partial charge in [0.1, 0.15) is 0 Å². The molecule has 122 valence electrons. The highest BCUT2D eigenvalue weighted by Gasteiger charge is 2.17. The second kappa shape index (κ2) is 6.54. The zero-order valence-electron chi connectivity index (χ0n) is 13.6. The van der Waals surface area contributed by atoms with Gasteiger partial charge in [-0.2, -0.15) is 0 Å². The summed E-state index contributed by atoms with van der Waals surface area (Å²) in [7, 11) is 1.78. The van der Waals surface area contributed by atoms with Crippen LogP contribution in [0.5, 0.6) is 0 Å². The number of aromatic nitrogens is 3. The molecular formula is C18H19N5O. The molecule has 3 aromatic rings. The number of rotatable bonds is 4. The minimum Gasteiger partial charge on any atom is -0.368 e. The van der Waals surface area contributed by atoms with E-state index in [9.17, 15) is 4.79 Å². The van der Waals surface area contributed by atoms with Crippen molar-refractivity contribution in [2.45, 2.75) is 13.0 Å². The van der Waals surface area contributed by atoms with Gasteiger partial charge in [-0.1, -0.05) is 18.2 Å². The number of H-pyrrole nitrogens is 1. The number of hydrogen-bond acceptors (Lipinski definition) is 4. The van der Waals surface area contributed by atoms with Crippen LogP contribution >= 0.6 is 0 Å². The summed E-state index contributed by atoms with van der Waals surface area (Å²) in [6.45, 7) is 1.99. The molecule has 1 atom stereocenters. The monoisotopic (exact) mass is 321 g/mol. The standard InChI is InChI=1S/C18H19N5O/c1-12(16-9-14-5-3-4-6-15(14)22-16)23(2)17(24)8-7-13-10-20-18(19)21-11-13/h3-12,22H,1-2H3,(H2,19,20,21)/b8-7+. The topological polar surface area (TPSA) is 87.9 Å². The number of hydrogen-bond donors (Lipinski definition) is 2. The first-order chi connectivity index (χ1) is 11.5. The normalized spacial score (nSPS) is 12.6. The third kappa shape index (κ3) is 3.27. The van der Waals surface area contributed by atoms with Crippen molar-refractivity contribution < 1.29 is 4.79 Å². The lowest BCUT2D eigenvalue weighted by atomic mass is 10.2. The van der Waals surface area contributed by atoms with Gasteiger partial charge in [0.25, 0.3) is 0 Å². The van der Waals surface area contributed by atoms with Crippen molar-refractivity contribution in [1.29, 1.82) is 0 Å². The Labute approximate surface area is 140 Å². The molecule has 1 unspecified atom stereocenters. The van der Waals surface area contributed by atoms with E-state index in [0.717, 1.165) is 22.2 Å². The smallest absolute Gasteiger partial charge is 0.246 e. The Kier molecular flexibility index (Phi) is 4.29. The quantitative estimate of drug-likeness (QED) is 0.723. The Balaban J connectivity index is 1.73. The molecule has 1 aromatic carbocycles. The highest BCUT2D eigenvalue weighted by atomic mass is 16.2. The van der Waals surface area contributed by atoms with E-state index in [-0.39, 0.29) is 17.9 Å². The number of carbonyl (C=O) groups excluding carboxylic acids is 1. The molecule has 0 aliphatic heterocycles. The molecule has 3 rings (SSSR count). The highest BCUT2D eigenvalue weighted by molar-refractivity contribution is 5.92. The second-order valence-electron chi connectivity index (χ2n) is 5.64. The SMILES string of the molecule is CC(c1cc2ccccc2[nH]1)N(C)C(=O)/C=C/c1cnc(N)nc1. The van der Waals surface area contributed by atoms with Gasteiger partial charge in [-0.25, -0.2) is 9.97 Å². The zero-order valence-corrected chi connectivity index (χ0v) is 13.6. The second-order valence-corrected chi connectivity index (χ2v) is 5.64. The van der Waals surface area contributed by atoms with E-state index in [1.807, 2.05) is 31.2 Å². The Morgan fingerprint density at radius 2 is 2.00 bits per heavy atom. The lowest BCUT2D eigenvalue weighted by Gasteiger charge is -2.22. The number of aromatic amines is 1. The van der Waals surface area contributed by atoms with Crippen molar-refractivity contribution >= 4 is 28.8 Å². The van der Waals surface area contributed by atoms with Gasteiger partial charge in [-0.05, 0) is 30.5 Å². The average Bonchev–Trinajstić information content (AvgIpc) is 3.03. The molecule has 0 saturated carbocycles. The van der Waals surface area contributed by atoms with E-state index in [0.29, 0.717) is 0 Å². The van der Waals surface area contributed by atoms with Crippen LogP contribution < -0.4 is 5.73 Å². The number of para-hydroxylation sites is 1. The number of nitrogens with one attached hydrogen (secondary N) is 1. The fourth-order valence-electron chi connectivity index (χ4n) is 2.44. The van der Waals surface area contributed by atoms with Crippen LogP contribution in [0.25, 0.3) is 17.0 Å². The Bertz CT molecular complexity index is 849. The fraction of sp³-hybridized carbons (Fsp3) is 0.167. The molecule has 3 N–H and O–H groups in total. The van der Waals surface area contributed by atoms with Gasteiger partial charge in [-0.3, -0.25) is 4.79 Å². The third-order valence-electron chi connectivity index (χ3n) is 4.04. The van der Waals surface area contributed by atoms with Crippen LogP contribution in [-0.2, 0) is 4.79 Å². The first-order valence-electron chi connectivity index (χ1n) is 7.64. The molecule has 0 spiro atoms. The molecule has 24 heavy (non-hydrogen) atoms. The summed E-state index contributed by atoms with van der Waals surface area (Å²) < 4.78 is 0. The van der Waals surface area contributed by atoms with Gasteiger partial charge in [-0.15, -0.1) is 0 Å². The van der Waals surface area contributed by atoms with Crippen LogP contribution in [0.2, 0.25) is 0 Å². The van der Waals surface area contributed by atoms with Gasteiger partial charge in [0.2, 0.25) is 11.9 Å². The summed E-state index contributed by atoms with van der Waals surface area (Å²) in [5.74, 6) is 0.112. The number of likely N-dealkylation sites (N-methyl/N-ethyl adjacent to an activating group) is 1. The molecular weight excluding hydrogens is 302 g/mol. The summed E-state index contributed by atoms with van der Waals surface area (Å²) in [5, 5.41) is 1.13. The lowest BCUT2D eigenvalue weighted by Crippen LogP contribution is -2.28. The number of fused-ring (bicyclic) bond motifs is 1. The summed E-state index contributed by atoms with van der Waals surface area (Å²) in [6.07, 6.45) is 6.34. The Morgan fingerprint density at radius 1 is 1.29 bits per heavy atom. The van der Waals surface area contributed by atoms with Crippen molar-refractivity contribution in [1.82, 2.24) is 19.9 Å². The van der Waals surface area contributed by atoms with Crippen LogP contribution in [-0.4, -0.2) is 32.8 Å². The Hall–Kier alpha value is -3.15. The van der Waals surface area contributed by atoms with Crippen molar-refractivity contribution in [3.8, 4) is 0 Å². The summed E-state index contributed by atoms with van der Waals surface area (Å²) in [4.78, 5) is 25.2. The summed E-state index contributed by atoms with van der Waals surface area (Å²) in [6, 6.07) is 10.1. The van der Waals surface area contributed by atoms with Crippen LogP contribution in [0, 0.1) is 0 Å². The molecule has 0 fully saturated rings. The number of carbonyl (C=O) groups is 1.